The van der Waals surface area contributed by atoms with Crippen LogP contribution in [0.2, 0.25) is 0 Å². The molecule has 264 valence electrons. The lowest BCUT2D eigenvalue weighted by Gasteiger charge is -2.37. The van der Waals surface area contributed by atoms with Crippen molar-refractivity contribution >= 4 is 34.7 Å². The number of carbonyl (C=O) groups excluding carboxylic acids is 2. The molecule has 1 aliphatic heterocycles. The maximum absolute atomic E-state index is 12.9. The Morgan fingerprint density at radius 2 is 1.57 bits per heavy atom. The summed E-state index contributed by atoms with van der Waals surface area (Å²) < 4.78 is 69.5. The first-order valence-electron chi connectivity index (χ1n) is 14.0. The summed E-state index contributed by atoms with van der Waals surface area (Å²) in [5.74, 6) is -3.66. The van der Waals surface area contributed by atoms with Crippen molar-refractivity contribution in [3.63, 3.8) is 0 Å². The number of nitrogens with zero attached hydrogens (tertiary/aromatic N) is 2. The summed E-state index contributed by atoms with van der Waals surface area (Å²) in [5.41, 5.74) is 5.04. The van der Waals surface area contributed by atoms with E-state index in [1.54, 1.807) is 29.7 Å². The van der Waals surface area contributed by atoms with Crippen molar-refractivity contribution in [2.75, 3.05) is 19.6 Å². The van der Waals surface area contributed by atoms with Gasteiger partial charge in [0.2, 0.25) is 5.91 Å². The third-order valence-corrected chi connectivity index (χ3v) is 6.70. The van der Waals surface area contributed by atoms with Gasteiger partial charge in [0.15, 0.2) is 0 Å². The molecule has 12 nitrogen and oxygen atoms in total. The fourth-order valence-electron chi connectivity index (χ4n) is 4.46. The van der Waals surface area contributed by atoms with Crippen LogP contribution < -0.4 is 15.5 Å². The van der Waals surface area contributed by atoms with Gasteiger partial charge in [0.1, 0.15) is 12.4 Å². The van der Waals surface area contributed by atoms with Gasteiger partial charge in [-0.1, -0.05) is 24.1 Å². The average molecular weight is 701 g/mol. The van der Waals surface area contributed by atoms with Gasteiger partial charge in [0.25, 0.3) is 5.91 Å². The highest BCUT2D eigenvalue weighted by Gasteiger charge is 2.39. The van der Waals surface area contributed by atoms with E-state index in [-0.39, 0.29) is 5.91 Å². The maximum Gasteiger partial charge on any atom is 0.490 e. The number of para-hydroxylation sites is 1. The first kappa shape index (κ1) is 39.8. The number of carbonyl (C=O) groups is 4. The largest absolute Gasteiger partial charge is 0.490 e. The third kappa shape index (κ3) is 12.6. The quantitative estimate of drug-likeness (QED) is 0.105. The van der Waals surface area contributed by atoms with Gasteiger partial charge in [-0.25, -0.2) is 15.1 Å². The van der Waals surface area contributed by atoms with Crippen molar-refractivity contribution in [3.05, 3.63) is 71.4 Å². The Kier molecular flexibility index (Phi) is 14.3. The molecule has 0 radical (unpaired) electrons. The summed E-state index contributed by atoms with van der Waals surface area (Å²) in [6, 6.07) is 16.3. The molecular formula is C31H30F6N4O8. The van der Waals surface area contributed by atoms with Crippen LogP contribution in [0.15, 0.2) is 54.6 Å². The highest BCUT2D eigenvalue weighted by Crippen LogP contribution is 2.22. The number of aromatic nitrogens is 1. The molecule has 5 N–H and O–H groups in total. The number of piperidine rings is 1. The second-order valence-corrected chi connectivity index (χ2v) is 10.2. The molecule has 2 aromatic carbocycles. The number of nitrogens with one attached hydrogen (secondary N) is 2. The number of terminal acetylenes is 1. The Balaban J connectivity index is 0.000000500. The van der Waals surface area contributed by atoms with Crippen molar-refractivity contribution in [1.82, 2.24) is 20.7 Å². The summed E-state index contributed by atoms with van der Waals surface area (Å²) in [4.78, 5) is 49.3. The number of ether oxygens (including phenoxy) is 1. The van der Waals surface area contributed by atoms with Gasteiger partial charge in [-0.2, -0.15) is 26.3 Å². The molecule has 1 fully saturated rings. The van der Waals surface area contributed by atoms with E-state index in [2.05, 4.69) is 16.2 Å². The van der Waals surface area contributed by atoms with Crippen LogP contribution in [0.4, 0.5) is 26.3 Å². The zero-order chi connectivity index (χ0) is 36.9. The highest BCUT2D eigenvalue weighted by atomic mass is 19.4. The second-order valence-electron chi connectivity index (χ2n) is 10.2. The number of hydroxylamine groups is 1. The Hall–Kier alpha value is -5.41. The van der Waals surface area contributed by atoms with Gasteiger partial charge in [-0.15, -0.1) is 6.42 Å². The van der Waals surface area contributed by atoms with Gasteiger partial charge in [0.05, 0.1) is 24.0 Å². The van der Waals surface area contributed by atoms with E-state index >= 15 is 0 Å². The molecule has 0 bridgehead atoms. The molecule has 1 saturated heterocycles. The normalized spacial score (nSPS) is 16.1. The molecule has 3 aromatic rings. The van der Waals surface area contributed by atoms with Crippen LogP contribution in [0.25, 0.3) is 10.9 Å². The first-order valence-corrected chi connectivity index (χ1v) is 14.0. The second kappa shape index (κ2) is 17.7. The van der Waals surface area contributed by atoms with Gasteiger partial charge >= 0.3 is 24.3 Å². The van der Waals surface area contributed by atoms with Crippen molar-refractivity contribution in [2.45, 2.75) is 38.3 Å². The smallest absolute Gasteiger partial charge is 0.489 e. The lowest BCUT2D eigenvalue weighted by molar-refractivity contribution is -0.193. The number of amides is 2. The van der Waals surface area contributed by atoms with E-state index in [1.807, 2.05) is 42.2 Å². The zero-order valence-corrected chi connectivity index (χ0v) is 25.5. The standard InChI is InChI=1S/C27H28N4O4.2C2HF3O2/c1-3-13-31-14-12-23(27(33)30-34)25(16-31)29-26(32)19-8-10-21(11-9-19)35-17-20-15-18(2)28-24-7-5-4-6-22(20)24;2*3-2(4,5)1(6)7/h1,4-11,15,23,25,34H,12-14,16-17H2,2H3,(H,29,32)(H,30,33);2*(H,6,7)/t23-,25+;;/m0../s1. The van der Waals surface area contributed by atoms with E-state index in [4.69, 9.17) is 36.2 Å². The van der Waals surface area contributed by atoms with Crippen LogP contribution in [-0.4, -0.2) is 87.1 Å². The number of hydrogen-bond donors (Lipinski definition) is 5. The number of aliphatic carboxylic acids is 2. The van der Waals surface area contributed by atoms with Gasteiger partial charge in [-0.3, -0.25) is 24.7 Å². The number of rotatable bonds is 7. The monoisotopic (exact) mass is 700 g/mol. The molecule has 1 aromatic heterocycles. The molecule has 2 amide bonds. The van der Waals surface area contributed by atoms with Gasteiger partial charge in [-0.05, 0) is 56.3 Å². The molecule has 0 aliphatic carbocycles. The third-order valence-electron chi connectivity index (χ3n) is 6.70. The van der Waals surface area contributed by atoms with E-state index in [0.29, 0.717) is 44.0 Å². The predicted molar refractivity (Wildman–Crippen MR) is 159 cm³/mol. The van der Waals surface area contributed by atoms with Crippen LogP contribution >= 0.6 is 0 Å². The lowest BCUT2D eigenvalue weighted by Crippen LogP contribution is -2.56. The first-order chi connectivity index (χ1) is 22.9. The minimum absolute atomic E-state index is 0.310. The number of benzene rings is 2. The molecule has 0 saturated carbocycles. The topological polar surface area (TPSA) is 178 Å². The molecule has 4 rings (SSSR count). The molecule has 2 atom stereocenters. The SMILES string of the molecule is C#CCN1CC[C@H](C(=O)NO)[C@H](NC(=O)c2ccc(OCc3cc(C)nc4ccccc34)cc2)C1.O=C(O)C(F)(F)F.O=C(O)C(F)(F)F. The number of alkyl halides is 6. The van der Waals surface area contributed by atoms with Crippen LogP contribution in [0.5, 0.6) is 5.75 Å². The summed E-state index contributed by atoms with van der Waals surface area (Å²) in [5, 5.41) is 27.3. The Morgan fingerprint density at radius 3 is 2.10 bits per heavy atom. The molecular weight excluding hydrogens is 670 g/mol. The summed E-state index contributed by atoms with van der Waals surface area (Å²) >= 11 is 0. The van der Waals surface area contributed by atoms with Crippen molar-refractivity contribution in [2.24, 2.45) is 5.92 Å². The van der Waals surface area contributed by atoms with E-state index in [9.17, 15) is 35.9 Å². The number of likely N-dealkylation sites (tertiary alicyclic amines) is 1. The van der Waals surface area contributed by atoms with Crippen LogP contribution in [0.1, 0.15) is 28.0 Å². The van der Waals surface area contributed by atoms with E-state index < -0.39 is 42.2 Å². The van der Waals surface area contributed by atoms with Gasteiger partial charge in [0, 0.05) is 28.8 Å². The summed E-state index contributed by atoms with van der Waals surface area (Å²) in [6.07, 6.45) is -4.27. The zero-order valence-electron chi connectivity index (χ0n) is 25.5. The number of fused-ring (bicyclic) bond motifs is 1. The van der Waals surface area contributed by atoms with Crippen LogP contribution in [0, 0.1) is 25.2 Å². The average Bonchev–Trinajstić information content (AvgIpc) is 3.03. The van der Waals surface area contributed by atoms with Gasteiger partial charge < -0.3 is 20.3 Å². The lowest BCUT2D eigenvalue weighted by atomic mass is 9.90. The molecule has 0 unspecified atom stereocenters. The molecule has 0 spiro atoms. The van der Waals surface area contributed by atoms with Crippen LogP contribution in [-0.2, 0) is 21.0 Å². The number of aryl methyl sites for hydroxylation is 1. The Morgan fingerprint density at radius 1 is 1.00 bits per heavy atom. The predicted octanol–water partition coefficient (Wildman–Crippen LogP) is 3.95. The van der Waals surface area contributed by atoms with Crippen molar-refractivity contribution in [3.8, 4) is 18.1 Å². The summed E-state index contributed by atoms with van der Waals surface area (Å²) in [7, 11) is 0. The maximum atomic E-state index is 12.9. The van der Waals surface area contributed by atoms with E-state index in [0.717, 1.165) is 22.2 Å². The van der Waals surface area contributed by atoms with Crippen LogP contribution in [0.3, 0.4) is 0 Å². The minimum atomic E-state index is -5.08. The molecule has 49 heavy (non-hydrogen) atoms. The Bertz CT molecular complexity index is 1630. The van der Waals surface area contributed by atoms with E-state index in [1.165, 1.54) is 0 Å². The highest BCUT2D eigenvalue weighted by molar-refractivity contribution is 5.95. The van der Waals surface area contributed by atoms with Crippen molar-refractivity contribution in [1.29, 1.82) is 0 Å². The number of halogens is 6. The minimum Gasteiger partial charge on any atom is -0.489 e. The number of hydrogen-bond acceptors (Lipinski definition) is 8. The molecule has 18 heteroatoms. The number of pyridine rings is 1. The number of carboxylic acids is 2. The fourth-order valence-corrected chi connectivity index (χ4v) is 4.46. The number of carboxylic acid groups (broad SMARTS) is 2. The molecule has 2 heterocycles. The van der Waals surface area contributed by atoms with Crippen molar-refractivity contribution < 1.29 is 65.7 Å². The Labute approximate surface area is 274 Å². The fraction of sp³-hybridized carbons (Fsp3) is 0.323. The summed E-state index contributed by atoms with van der Waals surface area (Å²) in [6.45, 7) is 3.80. The molecule has 1 aliphatic rings.